The molecule has 0 aliphatic carbocycles. The normalized spacial score (nSPS) is 13.9. The van der Waals surface area contributed by atoms with Gasteiger partial charge >= 0.3 is 0 Å². The van der Waals surface area contributed by atoms with Gasteiger partial charge in [0.05, 0.1) is 17.2 Å². The predicted octanol–water partition coefficient (Wildman–Crippen LogP) is 3.50. The number of carbonyl (C=O) groups excluding carboxylic acids is 3. The number of hydrogen-bond acceptors (Lipinski definition) is 3. The molecule has 0 aromatic heterocycles. The third-order valence-corrected chi connectivity index (χ3v) is 5.03. The number of rotatable bonds is 5. The van der Waals surface area contributed by atoms with Crippen molar-refractivity contribution in [1.82, 2.24) is 10.2 Å². The van der Waals surface area contributed by atoms with E-state index in [1.807, 2.05) is 61.5 Å². The number of amides is 3. The van der Waals surface area contributed by atoms with Crippen LogP contribution in [0.4, 0.5) is 0 Å². The zero-order valence-corrected chi connectivity index (χ0v) is 16.0. The molecule has 4 rings (SSSR count). The molecule has 1 heterocycles. The van der Waals surface area contributed by atoms with Gasteiger partial charge in [0.15, 0.2) is 0 Å². The number of fused-ring (bicyclic) bond motifs is 1. The Morgan fingerprint density at radius 1 is 0.793 bits per heavy atom. The van der Waals surface area contributed by atoms with Crippen molar-refractivity contribution in [2.75, 3.05) is 6.54 Å². The SMILES string of the molecule is Cc1ccc([C@H](NC(=O)CN2C(=O)c3ccccc3C2=O)c2ccccc2)cc1. The average Bonchev–Trinajstić information content (AvgIpc) is 2.98. The molecule has 1 atom stereocenters. The zero-order chi connectivity index (χ0) is 20.4. The first-order valence-electron chi connectivity index (χ1n) is 9.40. The molecule has 1 aliphatic rings. The molecule has 0 spiro atoms. The first-order chi connectivity index (χ1) is 14.0. The van der Waals surface area contributed by atoms with Crippen LogP contribution in [0.1, 0.15) is 43.4 Å². The zero-order valence-electron chi connectivity index (χ0n) is 16.0. The van der Waals surface area contributed by atoms with Gasteiger partial charge in [-0.25, -0.2) is 0 Å². The average molecular weight is 384 g/mol. The lowest BCUT2D eigenvalue weighted by Gasteiger charge is -2.22. The molecule has 29 heavy (non-hydrogen) atoms. The van der Waals surface area contributed by atoms with E-state index in [0.29, 0.717) is 11.1 Å². The topological polar surface area (TPSA) is 66.5 Å². The molecule has 5 heteroatoms. The van der Waals surface area contributed by atoms with E-state index in [4.69, 9.17) is 0 Å². The third kappa shape index (κ3) is 3.67. The number of nitrogens with one attached hydrogen (secondary N) is 1. The summed E-state index contributed by atoms with van der Waals surface area (Å²) in [6.45, 7) is 1.68. The van der Waals surface area contributed by atoms with Gasteiger partial charge < -0.3 is 5.32 Å². The second kappa shape index (κ2) is 7.72. The van der Waals surface area contributed by atoms with Crippen LogP contribution in [0, 0.1) is 6.92 Å². The quantitative estimate of drug-likeness (QED) is 0.685. The molecular formula is C24H20N2O3. The maximum atomic E-state index is 12.8. The molecule has 1 N–H and O–H groups in total. The van der Waals surface area contributed by atoms with Crippen LogP contribution in [-0.2, 0) is 4.79 Å². The molecule has 0 radical (unpaired) electrons. The fourth-order valence-corrected chi connectivity index (χ4v) is 3.50. The van der Waals surface area contributed by atoms with Crippen LogP contribution in [0.3, 0.4) is 0 Å². The van der Waals surface area contributed by atoms with Crippen LogP contribution in [0.2, 0.25) is 0 Å². The summed E-state index contributed by atoms with van der Waals surface area (Å²) in [5.74, 6) is -1.27. The van der Waals surface area contributed by atoms with E-state index in [-0.39, 0.29) is 12.6 Å². The largest absolute Gasteiger partial charge is 0.344 e. The molecule has 0 saturated carbocycles. The van der Waals surface area contributed by atoms with Gasteiger partial charge in [0, 0.05) is 0 Å². The van der Waals surface area contributed by atoms with Crippen LogP contribution in [0.5, 0.6) is 0 Å². The summed E-state index contributed by atoms with van der Waals surface area (Å²) >= 11 is 0. The van der Waals surface area contributed by atoms with Gasteiger partial charge in [0.25, 0.3) is 11.8 Å². The minimum Gasteiger partial charge on any atom is -0.344 e. The van der Waals surface area contributed by atoms with Gasteiger partial charge in [0.1, 0.15) is 6.54 Å². The van der Waals surface area contributed by atoms with Gasteiger partial charge in [-0.3, -0.25) is 19.3 Å². The van der Waals surface area contributed by atoms with Crippen molar-refractivity contribution in [1.29, 1.82) is 0 Å². The van der Waals surface area contributed by atoms with Crippen molar-refractivity contribution in [3.05, 3.63) is 107 Å². The molecule has 5 nitrogen and oxygen atoms in total. The Morgan fingerprint density at radius 2 is 1.31 bits per heavy atom. The summed E-state index contributed by atoms with van der Waals surface area (Å²) in [5.41, 5.74) is 3.65. The van der Waals surface area contributed by atoms with E-state index in [1.54, 1.807) is 24.3 Å². The lowest BCUT2D eigenvalue weighted by atomic mass is 9.98. The van der Waals surface area contributed by atoms with E-state index in [0.717, 1.165) is 21.6 Å². The number of aryl methyl sites for hydroxylation is 1. The Hall–Kier alpha value is -3.73. The van der Waals surface area contributed by atoms with Crippen molar-refractivity contribution in [2.45, 2.75) is 13.0 Å². The first-order valence-corrected chi connectivity index (χ1v) is 9.40. The van der Waals surface area contributed by atoms with Gasteiger partial charge in [-0.1, -0.05) is 72.3 Å². The monoisotopic (exact) mass is 384 g/mol. The number of carbonyl (C=O) groups is 3. The molecule has 0 bridgehead atoms. The molecule has 3 amide bonds. The van der Waals surface area contributed by atoms with Gasteiger partial charge in [-0.2, -0.15) is 0 Å². The van der Waals surface area contributed by atoms with Gasteiger partial charge in [-0.05, 0) is 30.2 Å². The molecular weight excluding hydrogens is 364 g/mol. The van der Waals surface area contributed by atoms with Crippen molar-refractivity contribution in [3.8, 4) is 0 Å². The fraction of sp³-hybridized carbons (Fsp3) is 0.125. The highest BCUT2D eigenvalue weighted by molar-refractivity contribution is 6.22. The maximum absolute atomic E-state index is 12.8. The molecule has 0 unspecified atom stereocenters. The Balaban J connectivity index is 1.56. The van der Waals surface area contributed by atoms with E-state index in [1.165, 1.54) is 0 Å². The van der Waals surface area contributed by atoms with Crippen molar-refractivity contribution in [2.24, 2.45) is 0 Å². The highest BCUT2D eigenvalue weighted by Crippen LogP contribution is 2.24. The highest BCUT2D eigenvalue weighted by atomic mass is 16.2. The van der Waals surface area contributed by atoms with E-state index in [2.05, 4.69) is 5.32 Å². The Bertz CT molecular complexity index is 1040. The standard InChI is InChI=1S/C24H20N2O3/c1-16-11-13-18(14-12-16)22(17-7-3-2-4-8-17)25-21(27)15-26-23(28)19-9-5-6-10-20(19)24(26)29/h2-14,22H,15H2,1H3,(H,25,27)/t22-/m1/s1. The second-order valence-corrected chi connectivity index (χ2v) is 7.06. The fourth-order valence-electron chi connectivity index (χ4n) is 3.50. The molecule has 3 aromatic carbocycles. The minimum atomic E-state index is -0.438. The first kappa shape index (κ1) is 18.6. The van der Waals surface area contributed by atoms with Crippen LogP contribution >= 0.6 is 0 Å². The molecule has 144 valence electrons. The summed E-state index contributed by atoms with van der Waals surface area (Å²) in [5, 5.41) is 2.98. The van der Waals surface area contributed by atoms with E-state index >= 15 is 0 Å². The summed E-state index contributed by atoms with van der Waals surface area (Å²) in [4.78, 5) is 38.9. The van der Waals surface area contributed by atoms with Crippen LogP contribution in [-0.4, -0.2) is 29.2 Å². The summed E-state index contributed by atoms with van der Waals surface area (Å²) in [6.07, 6.45) is 0. The van der Waals surface area contributed by atoms with Crippen LogP contribution in [0.25, 0.3) is 0 Å². The Morgan fingerprint density at radius 3 is 1.90 bits per heavy atom. The number of nitrogens with zero attached hydrogens (tertiary/aromatic N) is 1. The summed E-state index contributed by atoms with van der Waals surface area (Å²) in [7, 11) is 0. The number of hydrogen-bond donors (Lipinski definition) is 1. The minimum absolute atomic E-state index is 0.318. The van der Waals surface area contributed by atoms with Crippen molar-refractivity contribution in [3.63, 3.8) is 0 Å². The maximum Gasteiger partial charge on any atom is 0.262 e. The smallest absolute Gasteiger partial charge is 0.262 e. The van der Waals surface area contributed by atoms with E-state index < -0.39 is 17.7 Å². The third-order valence-electron chi connectivity index (χ3n) is 5.03. The summed E-state index contributed by atoms with van der Waals surface area (Å²) < 4.78 is 0. The number of benzene rings is 3. The predicted molar refractivity (Wildman–Crippen MR) is 109 cm³/mol. The van der Waals surface area contributed by atoms with Crippen molar-refractivity contribution >= 4 is 17.7 Å². The Labute approximate surface area is 169 Å². The molecule has 0 fully saturated rings. The second-order valence-electron chi connectivity index (χ2n) is 7.06. The van der Waals surface area contributed by atoms with Crippen molar-refractivity contribution < 1.29 is 14.4 Å². The Kier molecular flexibility index (Phi) is 4.96. The molecule has 1 aliphatic heterocycles. The van der Waals surface area contributed by atoms with E-state index in [9.17, 15) is 14.4 Å². The van der Waals surface area contributed by atoms with Gasteiger partial charge in [-0.15, -0.1) is 0 Å². The van der Waals surface area contributed by atoms with Gasteiger partial charge in [0.2, 0.25) is 5.91 Å². The molecule has 3 aromatic rings. The lowest BCUT2D eigenvalue weighted by Crippen LogP contribution is -2.41. The highest BCUT2D eigenvalue weighted by Gasteiger charge is 2.36. The lowest BCUT2D eigenvalue weighted by molar-refractivity contribution is -0.121. The van der Waals surface area contributed by atoms with Crippen LogP contribution < -0.4 is 5.32 Å². The molecule has 0 saturated heterocycles. The number of imide groups is 1. The van der Waals surface area contributed by atoms with Crippen LogP contribution in [0.15, 0.2) is 78.9 Å². The summed E-state index contributed by atoms with van der Waals surface area (Å²) in [6, 6.07) is 23.8.